The third kappa shape index (κ3) is 3.69. The Balaban J connectivity index is 1.89. The van der Waals surface area contributed by atoms with Crippen LogP contribution in [0.5, 0.6) is 5.75 Å². The van der Waals surface area contributed by atoms with Gasteiger partial charge in [0.25, 0.3) is 0 Å². The lowest BCUT2D eigenvalue weighted by Gasteiger charge is -2.13. The fourth-order valence-corrected chi connectivity index (χ4v) is 2.74. The highest BCUT2D eigenvalue weighted by molar-refractivity contribution is 6.02. The van der Waals surface area contributed by atoms with Crippen LogP contribution in [-0.4, -0.2) is 19.6 Å². The van der Waals surface area contributed by atoms with Gasteiger partial charge >= 0.3 is 5.63 Å². The third-order valence-electron chi connectivity index (χ3n) is 3.95. The minimum absolute atomic E-state index is 0.129. The number of para-hydroxylation sites is 1. The van der Waals surface area contributed by atoms with Gasteiger partial charge in [0.2, 0.25) is 5.91 Å². The zero-order valence-corrected chi connectivity index (χ0v) is 14.7. The van der Waals surface area contributed by atoms with Gasteiger partial charge in [-0.3, -0.25) is 4.79 Å². The van der Waals surface area contributed by atoms with Crippen molar-refractivity contribution in [2.75, 3.05) is 24.3 Å². The van der Waals surface area contributed by atoms with Gasteiger partial charge in [-0.05, 0) is 36.8 Å². The van der Waals surface area contributed by atoms with E-state index in [4.69, 9.17) is 9.15 Å². The van der Waals surface area contributed by atoms with Crippen LogP contribution in [0.25, 0.3) is 11.0 Å². The lowest BCUT2D eigenvalue weighted by molar-refractivity contribution is -0.115. The van der Waals surface area contributed by atoms with Crippen LogP contribution in [0.15, 0.2) is 57.7 Å². The van der Waals surface area contributed by atoms with Crippen LogP contribution in [0.4, 0.5) is 11.4 Å². The molecule has 0 aliphatic heterocycles. The molecule has 0 aliphatic rings. The number of nitrogens with one attached hydrogen (secondary N) is 2. The number of carbonyl (C=O) groups excluding carboxylic acids is 1. The van der Waals surface area contributed by atoms with E-state index in [0.717, 1.165) is 16.7 Å². The topological polar surface area (TPSA) is 80.6 Å². The van der Waals surface area contributed by atoms with Gasteiger partial charge in [-0.2, -0.15) is 0 Å². The molecule has 3 aromatic rings. The first-order valence-electron chi connectivity index (χ1n) is 8.35. The number of methoxy groups -OCH3 is 1. The van der Waals surface area contributed by atoms with E-state index in [1.54, 1.807) is 31.4 Å². The summed E-state index contributed by atoms with van der Waals surface area (Å²) in [5.41, 5.74) is 1.41. The van der Waals surface area contributed by atoms with Gasteiger partial charge in [-0.1, -0.05) is 24.3 Å². The second-order valence-electron chi connectivity index (χ2n) is 5.74. The van der Waals surface area contributed by atoms with Crippen LogP contribution in [0, 0.1) is 0 Å². The molecule has 134 valence electrons. The van der Waals surface area contributed by atoms with E-state index in [1.807, 2.05) is 31.2 Å². The fourth-order valence-electron chi connectivity index (χ4n) is 2.74. The van der Waals surface area contributed by atoms with Crippen molar-refractivity contribution < 1.29 is 13.9 Å². The first-order valence-corrected chi connectivity index (χ1v) is 8.35. The highest BCUT2D eigenvalue weighted by atomic mass is 16.5. The van der Waals surface area contributed by atoms with E-state index in [9.17, 15) is 9.59 Å². The van der Waals surface area contributed by atoms with Crippen molar-refractivity contribution in [3.05, 3.63) is 64.5 Å². The van der Waals surface area contributed by atoms with E-state index in [-0.39, 0.29) is 18.0 Å². The van der Waals surface area contributed by atoms with E-state index < -0.39 is 5.63 Å². The molecule has 0 fully saturated rings. The molecule has 3 rings (SSSR count). The van der Waals surface area contributed by atoms with E-state index >= 15 is 0 Å². The molecule has 26 heavy (non-hydrogen) atoms. The number of anilines is 2. The zero-order chi connectivity index (χ0) is 18.5. The van der Waals surface area contributed by atoms with E-state index in [1.165, 1.54) is 0 Å². The number of fused-ring (bicyclic) bond motifs is 1. The van der Waals surface area contributed by atoms with Crippen LogP contribution >= 0.6 is 0 Å². The molecular formula is C20H20N2O4. The Kier molecular flexibility index (Phi) is 5.22. The van der Waals surface area contributed by atoms with Gasteiger partial charge in [-0.15, -0.1) is 0 Å². The summed E-state index contributed by atoms with van der Waals surface area (Å²) in [4.78, 5) is 24.8. The summed E-state index contributed by atoms with van der Waals surface area (Å²) in [6.45, 7) is 2.53. The molecule has 0 aliphatic carbocycles. The standard InChI is InChI=1S/C20H20N2O4/c1-3-21-18-15-6-4-5-7-16(15)26-20(24)19(18)22-17(23)12-13-8-10-14(25-2)11-9-13/h4-11,21H,3,12H2,1-2H3,(H,22,23). The SMILES string of the molecule is CCNc1c(NC(=O)Cc2ccc(OC)cc2)c(=O)oc2ccccc12. The predicted octanol–water partition coefficient (Wildman–Crippen LogP) is 3.41. The van der Waals surface area contributed by atoms with Crippen molar-refractivity contribution in [3.63, 3.8) is 0 Å². The van der Waals surface area contributed by atoms with Crippen LogP contribution in [0.3, 0.4) is 0 Å². The van der Waals surface area contributed by atoms with Crippen molar-refractivity contribution in [1.82, 2.24) is 0 Å². The molecule has 6 nitrogen and oxygen atoms in total. The van der Waals surface area contributed by atoms with Crippen LogP contribution in [0.2, 0.25) is 0 Å². The van der Waals surface area contributed by atoms with Crippen LogP contribution in [0.1, 0.15) is 12.5 Å². The molecule has 6 heteroatoms. The zero-order valence-electron chi connectivity index (χ0n) is 14.7. The van der Waals surface area contributed by atoms with Crippen molar-refractivity contribution in [2.45, 2.75) is 13.3 Å². The Morgan fingerprint density at radius 3 is 2.50 bits per heavy atom. The van der Waals surface area contributed by atoms with Gasteiger partial charge in [0, 0.05) is 11.9 Å². The van der Waals surface area contributed by atoms with E-state index in [2.05, 4.69) is 10.6 Å². The monoisotopic (exact) mass is 352 g/mol. The molecule has 0 radical (unpaired) electrons. The van der Waals surface area contributed by atoms with Gasteiger partial charge < -0.3 is 19.8 Å². The molecule has 0 atom stereocenters. The summed E-state index contributed by atoms with van der Waals surface area (Å²) in [6.07, 6.45) is 0.141. The second-order valence-corrected chi connectivity index (χ2v) is 5.74. The van der Waals surface area contributed by atoms with Crippen molar-refractivity contribution in [3.8, 4) is 5.75 Å². The maximum absolute atomic E-state index is 12.4. The van der Waals surface area contributed by atoms with E-state index in [0.29, 0.717) is 17.8 Å². The van der Waals surface area contributed by atoms with Crippen LogP contribution in [-0.2, 0) is 11.2 Å². The van der Waals surface area contributed by atoms with Gasteiger partial charge in [0.15, 0.2) is 5.69 Å². The smallest absolute Gasteiger partial charge is 0.362 e. The summed E-state index contributed by atoms with van der Waals surface area (Å²) in [6, 6.07) is 14.4. The minimum Gasteiger partial charge on any atom is -0.497 e. The Morgan fingerprint density at radius 1 is 1.08 bits per heavy atom. The maximum atomic E-state index is 12.4. The normalized spacial score (nSPS) is 10.5. The lowest BCUT2D eigenvalue weighted by atomic mass is 10.1. The second kappa shape index (κ2) is 7.74. The Labute approximate surface area is 150 Å². The van der Waals surface area contributed by atoms with Gasteiger partial charge in [0.1, 0.15) is 11.3 Å². The van der Waals surface area contributed by atoms with Crippen molar-refractivity contribution in [1.29, 1.82) is 0 Å². The van der Waals surface area contributed by atoms with Crippen molar-refractivity contribution in [2.24, 2.45) is 0 Å². The summed E-state index contributed by atoms with van der Waals surface area (Å²) < 4.78 is 10.4. The Bertz CT molecular complexity index is 977. The fraction of sp³-hybridized carbons (Fsp3) is 0.200. The average Bonchev–Trinajstić information content (AvgIpc) is 2.65. The predicted molar refractivity (Wildman–Crippen MR) is 102 cm³/mol. The summed E-state index contributed by atoms with van der Waals surface area (Å²) >= 11 is 0. The number of rotatable bonds is 6. The van der Waals surface area contributed by atoms with Gasteiger partial charge in [-0.25, -0.2) is 4.79 Å². The molecule has 0 unspecified atom stereocenters. The molecule has 0 saturated carbocycles. The maximum Gasteiger partial charge on any atom is 0.362 e. The molecule has 2 N–H and O–H groups in total. The number of benzene rings is 2. The summed E-state index contributed by atoms with van der Waals surface area (Å²) in [5, 5.41) is 6.59. The number of carbonyl (C=O) groups is 1. The summed E-state index contributed by atoms with van der Waals surface area (Å²) in [5.74, 6) is 0.427. The summed E-state index contributed by atoms with van der Waals surface area (Å²) in [7, 11) is 1.59. The molecule has 0 spiro atoms. The Morgan fingerprint density at radius 2 is 1.81 bits per heavy atom. The Hall–Kier alpha value is -3.28. The lowest BCUT2D eigenvalue weighted by Crippen LogP contribution is -2.21. The molecule has 0 saturated heterocycles. The molecule has 0 bridgehead atoms. The molecule has 1 aromatic heterocycles. The third-order valence-corrected chi connectivity index (χ3v) is 3.95. The number of hydrogen-bond donors (Lipinski definition) is 2. The number of amides is 1. The van der Waals surface area contributed by atoms with Crippen LogP contribution < -0.4 is 21.0 Å². The number of hydrogen-bond acceptors (Lipinski definition) is 5. The quantitative estimate of drug-likeness (QED) is 0.665. The van der Waals surface area contributed by atoms with Crippen molar-refractivity contribution >= 4 is 28.3 Å². The average molecular weight is 352 g/mol. The molecule has 1 amide bonds. The first-order chi connectivity index (χ1) is 12.6. The molecule has 2 aromatic carbocycles. The highest BCUT2D eigenvalue weighted by Crippen LogP contribution is 2.28. The minimum atomic E-state index is -0.581. The number of ether oxygens (including phenoxy) is 1. The first kappa shape index (κ1) is 17.5. The molecular weight excluding hydrogens is 332 g/mol. The van der Waals surface area contributed by atoms with Gasteiger partial charge in [0.05, 0.1) is 19.2 Å². The largest absolute Gasteiger partial charge is 0.497 e. The molecule has 1 heterocycles. The highest BCUT2D eigenvalue weighted by Gasteiger charge is 2.16.